The third-order valence-corrected chi connectivity index (χ3v) is 10.8. The molecule has 0 aromatic carbocycles. The Balaban J connectivity index is 0.000000194. The van der Waals surface area contributed by atoms with E-state index in [2.05, 4.69) is 88.5 Å². The van der Waals surface area contributed by atoms with Crippen LogP contribution in [-0.4, -0.2) is 117 Å². The zero-order valence-electron chi connectivity index (χ0n) is 30.1. The summed E-state index contributed by atoms with van der Waals surface area (Å²) in [6.45, 7) is 15.2. The van der Waals surface area contributed by atoms with Gasteiger partial charge in [0.1, 0.15) is 0 Å². The van der Waals surface area contributed by atoms with Gasteiger partial charge in [-0.25, -0.2) is 9.97 Å². The van der Waals surface area contributed by atoms with Gasteiger partial charge in [0, 0.05) is 124 Å². The summed E-state index contributed by atoms with van der Waals surface area (Å²) in [6.07, 6.45) is 9.61. The van der Waals surface area contributed by atoms with Gasteiger partial charge in [-0.1, -0.05) is 0 Å². The first-order valence-electron chi connectivity index (χ1n) is 17.1. The molecule has 4 aromatic rings. The number of aryl methyl sites for hydroxylation is 2. The minimum absolute atomic E-state index is 0.0757. The molecular weight excluding hydrogens is 669 g/mol. The highest BCUT2D eigenvalue weighted by atomic mass is 32.1. The van der Waals surface area contributed by atoms with Crippen molar-refractivity contribution in [2.75, 3.05) is 64.0 Å². The number of thiazole rings is 2. The van der Waals surface area contributed by atoms with Crippen LogP contribution in [0.1, 0.15) is 46.1 Å². The first kappa shape index (κ1) is 37.6. The lowest BCUT2D eigenvalue weighted by molar-refractivity contribution is -0.115. The Bertz CT molecular complexity index is 1590. The number of amides is 2. The molecule has 6 rings (SSSR count). The van der Waals surface area contributed by atoms with Crippen LogP contribution in [-0.2, 0) is 35.5 Å². The number of carbonyl (C=O) groups excluding carboxylic acids is 2. The molecule has 2 atom stereocenters. The molecule has 0 bridgehead atoms. The summed E-state index contributed by atoms with van der Waals surface area (Å²) in [6, 6.07) is 9.58. The summed E-state index contributed by atoms with van der Waals surface area (Å²) in [5.41, 5.74) is 4.83. The topological polar surface area (TPSA) is 123 Å². The Morgan fingerprint density at radius 2 is 1.12 bits per heavy atom. The van der Waals surface area contributed by atoms with Gasteiger partial charge in [0.2, 0.25) is 11.8 Å². The minimum Gasteiger partial charge on any atom is -0.302 e. The van der Waals surface area contributed by atoms with Gasteiger partial charge in [-0.15, -0.1) is 22.7 Å². The SMILES string of the molecule is CC(=O)Nc1ncc(CN2CCN(C)[C@@H](Cc3ccnc(C)c3)C2)s1.CC(=O)Nc1ncc(CN2CCN(C)[C@H](Cc3ccnc(C)c3)C2)s1. The number of carbonyl (C=O) groups is 2. The fraction of sp³-hybridized carbons (Fsp3) is 0.500. The molecule has 2 aliphatic heterocycles. The second kappa shape index (κ2) is 18.0. The Labute approximate surface area is 304 Å². The van der Waals surface area contributed by atoms with Gasteiger partial charge in [-0.05, 0) is 76.2 Å². The van der Waals surface area contributed by atoms with E-state index in [1.165, 1.54) is 34.7 Å². The largest absolute Gasteiger partial charge is 0.302 e. The van der Waals surface area contributed by atoms with E-state index >= 15 is 0 Å². The van der Waals surface area contributed by atoms with Gasteiger partial charge in [-0.2, -0.15) is 0 Å². The van der Waals surface area contributed by atoms with E-state index < -0.39 is 0 Å². The summed E-state index contributed by atoms with van der Waals surface area (Å²) in [4.78, 5) is 51.6. The number of nitrogens with one attached hydrogen (secondary N) is 2. The number of nitrogens with zero attached hydrogens (tertiary/aromatic N) is 8. The second-order valence-electron chi connectivity index (χ2n) is 13.4. The minimum atomic E-state index is -0.0757. The van der Waals surface area contributed by atoms with E-state index in [4.69, 9.17) is 0 Å². The predicted octanol–water partition coefficient (Wildman–Crippen LogP) is 4.33. The van der Waals surface area contributed by atoms with Crippen molar-refractivity contribution in [2.45, 2.75) is 65.7 Å². The van der Waals surface area contributed by atoms with Crippen LogP contribution in [0.5, 0.6) is 0 Å². The highest BCUT2D eigenvalue weighted by molar-refractivity contribution is 7.16. The quantitative estimate of drug-likeness (QED) is 0.245. The highest BCUT2D eigenvalue weighted by Gasteiger charge is 2.26. The van der Waals surface area contributed by atoms with Crippen LogP contribution in [0.4, 0.5) is 10.3 Å². The average Bonchev–Trinajstić information content (AvgIpc) is 3.68. The molecule has 6 heterocycles. The summed E-state index contributed by atoms with van der Waals surface area (Å²) < 4.78 is 0. The lowest BCUT2D eigenvalue weighted by atomic mass is 10.0. The first-order chi connectivity index (χ1) is 24.0. The van der Waals surface area contributed by atoms with Crippen LogP contribution in [0, 0.1) is 13.8 Å². The number of rotatable bonds is 10. The van der Waals surface area contributed by atoms with E-state index in [1.807, 2.05) is 38.6 Å². The number of anilines is 2. The fourth-order valence-electron chi connectivity index (χ4n) is 6.37. The molecule has 2 fully saturated rings. The molecule has 0 unspecified atom stereocenters. The molecule has 2 aliphatic rings. The number of hydrogen-bond acceptors (Lipinski definition) is 12. The normalized spacial score (nSPS) is 19.1. The summed E-state index contributed by atoms with van der Waals surface area (Å²) in [5.74, 6) is -0.151. The molecule has 2 amide bonds. The van der Waals surface area contributed by atoms with Gasteiger partial charge in [0.05, 0.1) is 0 Å². The van der Waals surface area contributed by atoms with Crippen LogP contribution < -0.4 is 10.6 Å². The standard InChI is InChI=1S/2C18H25N5OS/c2*1-13-8-15(4-5-19-13)9-16-11-23(7-6-22(16)3)12-17-10-20-18(25-17)21-14(2)24/h2*4-5,8,10,16H,6-7,9,11-12H2,1-3H3,(H,20,21,24)/t2*16-/m10/s1. The molecular formula is C36H50N10O2S2. The zero-order chi connectivity index (χ0) is 35.6. The molecule has 0 saturated carbocycles. The molecule has 2 saturated heterocycles. The predicted molar refractivity (Wildman–Crippen MR) is 202 cm³/mol. The van der Waals surface area contributed by atoms with Crippen molar-refractivity contribution in [2.24, 2.45) is 0 Å². The lowest BCUT2D eigenvalue weighted by Gasteiger charge is -2.39. The number of hydrogen-bond donors (Lipinski definition) is 2. The number of aromatic nitrogens is 4. The molecule has 268 valence electrons. The lowest BCUT2D eigenvalue weighted by Crippen LogP contribution is -2.51. The van der Waals surface area contributed by atoms with Crippen molar-refractivity contribution in [1.82, 2.24) is 39.5 Å². The van der Waals surface area contributed by atoms with Gasteiger partial charge in [0.25, 0.3) is 0 Å². The van der Waals surface area contributed by atoms with Crippen LogP contribution >= 0.6 is 22.7 Å². The monoisotopic (exact) mass is 718 g/mol. The van der Waals surface area contributed by atoms with Crippen molar-refractivity contribution in [3.63, 3.8) is 0 Å². The van der Waals surface area contributed by atoms with Crippen molar-refractivity contribution in [3.05, 3.63) is 81.3 Å². The van der Waals surface area contributed by atoms with Gasteiger partial charge in [-0.3, -0.25) is 29.4 Å². The van der Waals surface area contributed by atoms with E-state index in [-0.39, 0.29) is 11.8 Å². The smallest absolute Gasteiger partial charge is 0.223 e. The van der Waals surface area contributed by atoms with Gasteiger partial charge < -0.3 is 20.4 Å². The maximum absolute atomic E-state index is 11.1. The van der Waals surface area contributed by atoms with Crippen LogP contribution in [0.3, 0.4) is 0 Å². The van der Waals surface area contributed by atoms with Gasteiger partial charge in [0.15, 0.2) is 10.3 Å². The highest BCUT2D eigenvalue weighted by Crippen LogP contribution is 2.23. The summed E-state index contributed by atoms with van der Waals surface area (Å²) >= 11 is 3.11. The van der Waals surface area contributed by atoms with E-state index in [0.29, 0.717) is 22.3 Å². The second-order valence-corrected chi connectivity index (χ2v) is 15.6. The summed E-state index contributed by atoms with van der Waals surface area (Å²) in [7, 11) is 4.41. The van der Waals surface area contributed by atoms with E-state index in [0.717, 1.165) is 76.6 Å². The van der Waals surface area contributed by atoms with E-state index in [9.17, 15) is 9.59 Å². The molecule has 12 nitrogen and oxygen atoms in total. The zero-order valence-corrected chi connectivity index (χ0v) is 31.7. The van der Waals surface area contributed by atoms with Crippen molar-refractivity contribution >= 4 is 44.8 Å². The molecule has 0 radical (unpaired) electrons. The Hall–Kier alpha value is -3.66. The van der Waals surface area contributed by atoms with Crippen LogP contribution in [0.25, 0.3) is 0 Å². The maximum Gasteiger partial charge on any atom is 0.223 e. The fourth-order valence-corrected chi connectivity index (χ4v) is 8.18. The molecule has 2 N–H and O–H groups in total. The average molecular weight is 719 g/mol. The van der Waals surface area contributed by atoms with Crippen molar-refractivity contribution in [1.29, 1.82) is 0 Å². The maximum atomic E-state index is 11.1. The van der Waals surface area contributed by atoms with E-state index in [1.54, 1.807) is 22.7 Å². The van der Waals surface area contributed by atoms with Gasteiger partial charge >= 0.3 is 0 Å². The molecule has 0 aliphatic carbocycles. The van der Waals surface area contributed by atoms with Crippen molar-refractivity contribution < 1.29 is 9.59 Å². The van der Waals surface area contributed by atoms with Crippen LogP contribution in [0.2, 0.25) is 0 Å². The van der Waals surface area contributed by atoms with Crippen molar-refractivity contribution in [3.8, 4) is 0 Å². The third kappa shape index (κ3) is 11.7. The molecule has 14 heteroatoms. The Morgan fingerprint density at radius 3 is 1.50 bits per heavy atom. The summed E-state index contributed by atoms with van der Waals surface area (Å²) in [5, 5.41) is 6.87. The number of pyridine rings is 2. The Morgan fingerprint density at radius 1 is 0.700 bits per heavy atom. The Kier molecular flexibility index (Phi) is 13.5. The molecule has 50 heavy (non-hydrogen) atoms. The van der Waals surface area contributed by atoms with Crippen LogP contribution in [0.15, 0.2) is 49.1 Å². The first-order valence-corrected chi connectivity index (χ1v) is 18.7. The number of piperazine rings is 2. The third-order valence-electron chi connectivity index (χ3n) is 9.02. The number of likely N-dealkylation sites (N-methyl/N-ethyl adjacent to an activating group) is 2. The molecule has 0 spiro atoms. The molecule has 4 aromatic heterocycles.